The van der Waals surface area contributed by atoms with E-state index in [4.69, 9.17) is 16.3 Å². The van der Waals surface area contributed by atoms with Gasteiger partial charge in [0.15, 0.2) is 5.96 Å². The molecular formula is C16H23ClN4O2. The second kappa shape index (κ2) is 8.62. The van der Waals surface area contributed by atoms with Gasteiger partial charge in [-0.05, 0) is 25.5 Å². The summed E-state index contributed by atoms with van der Waals surface area (Å²) in [6.45, 7) is 3.88. The summed E-state index contributed by atoms with van der Waals surface area (Å²) >= 11 is 5.97. The summed E-state index contributed by atoms with van der Waals surface area (Å²) in [4.78, 5) is 15.8. The largest absolute Gasteiger partial charge is 0.496 e. The molecule has 1 fully saturated rings. The molecule has 0 bridgehead atoms. The van der Waals surface area contributed by atoms with Crippen LogP contribution in [0.4, 0.5) is 0 Å². The molecule has 1 atom stereocenters. The lowest BCUT2D eigenvalue weighted by atomic mass is 10.1. The zero-order valence-corrected chi connectivity index (χ0v) is 14.2. The Morgan fingerprint density at radius 3 is 3.00 bits per heavy atom. The van der Waals surface area contributed by atoms with Gasteiger partial charge >= 0.3 is 0 Å². The number of aliphatic imine (C=N–C) groups is 1. The van der Waals surface area contributed by atoms with Crippen molar-refractivity contribution in [2.75, 3.05) is 20.2 Å². The summed E-state index contributed by atoms with van der Waals surface area (Å²) in [6.07, 6.45) is 1.35. The van der Waals surface area contributed by atoms with Crippen molar-refractivity contribution in [2.45, 2.75) is 32.4 Å². The maximum absolute atomic E-state index is 11.2. The number of carbonyl (C=O) groups excluding carboxylic acids is 1. The van der Waals surface area contributed by atoms with Crippen LogP contribution in [0.1, 0.15) is 25.3 Å². The van der Waals surface area contributed by atoms with Gasteiger partial charge in [-0.3, -0.25) is 4.79 Å². The zero-order chi connectivity index (χ0) is 16.7. The van der Waals surface area contributed by atoms with Gasteiger partial charge in [0.1, 0.15) is 5.75 Å². The van der Waals surface area contributed by atoms with E-state index in [1.165, 1.54) is 0 Å². The van der Waals surface area contributed by atoms with E-state index < -0.39 is 0 Å². The summed E-state index contributed by atoms with van der Waals surface area (Å²) in [5.74, 6) is 1.56. The number of rotatable bonds is 5. The molecule has 1 aromatic rings. The van der Waals surface area contributed by atoms with Gasteiger partial charge in [-0.15, -0.1) is 0 Å². The average Bonchev–Trinajstić information content (AvgIpc) is 2.55. The van der Waals surface area contributed by atoms with E-state index in [1.54, 1.807) is 13.2 Å². The third-order valence-electron chi connectivity index (χ3n) is 3.61. The Morgan fingerprint density at radius 1 is 1.52 bits per heavy atom. The Morgan fingerprint density at radius 2 is 2.35 bits per heavy atom. The van der Waals surface area contributed by atoms with Crippen LogP contribution >= 0.6 is 11.6 Å². The highest BCUT2D eigenvalue weighted by molar-refractivity contribution is 6.30. The summed E-state index contributed by atoms with van der Waals surface area (Å²) in [6, 6.07) is 5.71. The quantitative estimate of drug-likeness (QED) is 0.564. The Balaban J connectivity index is 2.02. The predicted molar refractivity (Wildman–Crippen MR) is 92.0 cm³/mol. The number of ether oxygens (including phenoxy) is 1. The van der Waals surface area contributed by atoms with Crippen LogP contribution in [0.3, 0.4) is 0 Å². The van der Waals surface area contributed by atoms with Crippen molar-refractivity contribution >= 4 is 23.5 Å². The monoisotopic (exact) mass is 338 g/mol. The lowest BCUT2D eigenvalue weighted by Crippen LogP contribution is -2.51. The highest BCUT2D eigenvalue weighted by atomic mass is 35.5. The molecule has 7 heteroatoms. The van der Waals surface area contributed by atoms with Crippen molar-refractivity contribution < 1.29 is 9.53 Å². The number of hydrogen-bond donors (Lipinski definition) is 3. The maximum atomic E-state index is 11.2. The molecule has 1 saturated heterocycles. The normalized spacial score (nSPS) is 18.3. The van der Waals surface area contributed by atoms with Crippen LogP contribution in [0.25, 0.3) is 0 Å². The Kier molecular flexibility index (Phi) is 6.52. The molecule has 1 amide bonds. The van der Waals surface area contributed by atoms with Crippen LogP contribution in [-0.2, 0) is 11.3 Å². The smallest absolute Gasteiger partial charge is 0.220 e. The van der Waals surface area contributed by atoms with Crippen LogP contribution in [-0.4, -0.2) is 38.1 Å². The molecule has 1 aliphatic rings. The molecule has 1 aliphatic heterocycles. The number of benzene rings is 1. The lowest BCUT2D eigenvalue weighted by Gasteiger charge is -2.25. The number of methoxy groups -OCH3 is 1. The van der Waals surface area contributed by atoms with Crippen molar-refractivity contribution in [3.8, 4) is 5.75 Å². The fraction of sp³-hybridized carbons (Fsp3) is 0.500. The molecule has 126 valence electrons. The van der Waals surface area contributed by atoms with Crippen molar-refractivity contribution in [3.05, 3.63) is 28.8 Å². The Labute approximate surface area is 141 Å². The van der Waals surface area contributed by atoms with Crippen LogP contribution in [0.2, 0.25) is 5.02 Å². The third-order valence-corrected chi connectivity index (χ3v) is 3.84. The van der Waals surface area contributed by atoms with E-state index in [2.05, 4.69) is 20.9 Å². The summed E-state index contributed by atoms with van der Waals surface area (Å²) in [5, 5.41) is 10.1. The van der Waals surface area contributed by atoms with Crippen LogP contribution < -0.4 is 20.7 Å². The van der Waals surface area contributed by atoms with Gasteiger partial charge in [0.25, 0.3) is 0 Å². The average molecular weight is 339 g/mol. The minimum absolute atomic E-state index is 0.107. The molecule has 0 aromatic heterocycles. The first kappa shape index (κ1) is 17.4. The predicted octanol–water partition coefficient (Wildman–Crippen LogP) is 1.68. The van der Waals surface area contributed by atoms with Gasteiger partial charge in [-0.2, -0.15) is 0 Å². The first-order valence-corrected chi connectivity index (χ1v) is 8.14. The van der Waals surface area contributed by atoms with Crippen LogP contribution in [0.5, 0.6) is 5.75 Å². The minimum Gasteiger partial charge on any atom is -0.496 e. The van der Waals surface area contributed by atoms with E-state index in [9.17, 15) is 4.79 Å². The lowest BCUT2D eigenvalue weighted by molar-refractivity contribution is -0.122. The van der Waals surface area contributed by atoms with Gasteiger partial charge in [0.2, 0.25) is 5.91 Å². The standard InChI is InChI=1S/C16H23ClN4O2/c1-3-18-16(21-13-6-7-15(22)19-10-13)20-9-11-4-5-12(17)8-14(11)23-2/h4-5,8,13H,3,6-7,9-10H2,1-2H3,(H,19,22)(H2,18,20,21). The highest BCUT2D eigenvalue weighted by Gasteiger charge is 2.18. The zero-order valence-electron chi connectivity index (χ0n) is 13.5. The van der Waals surface area contributed by atoms with Crippen molar-refractivity contribution in [2.24, 2.45) is 4.99 Å². The minimum atomic E-state index is 0.107. The van der Waals surface area contributed by atoms with E-state index in [-0.39, 0.29) is 11.9 Å². The number of nitrogens with one attached hydrogen (secondary N) is 3. The summed E-state index contributed by atoms with van der Waals surface area (Å²) in [5.41, 5.74) is 0.964. The molecule has 1 aromatic carbocycles. The van der Waals surface area contributed by atoms with Crippen LogP contribution in [0.15, 0.2) is 23.2 Å². The van der Waals surface area contributed by atoms with Gasteiger partial charge in [0.05, 0.1) is 13.7 Å². The van der Waals surface area contributed by atoms with Crippen molar-refractivity contribution in [1.82, 2.24) is 16.0 Å². The number of amides is 1. The summed E-state index contributed by atoms with van der Waals surface area (Å²) < 4.78 is 5.34. The summed E-state index contributed by atoms with van der Waals surface area (Å²) in [7, 11) is 1.62. The fourth-order valence-electron chi connectivity index (χ4n) is 2.38. The molecule has 2 rings (SSSR count). The number of nitrogens with zero attached hydrogens (tertiary/aromatic N) is 1. The number of piperidine rings is 1. The fourth-order valence-corrected chi connectivity index (χ4v) is 2.54. The number of hydrogen-bond acceptors (Lipinski definition) is 3. The highest BCUT2D eigenvalue weighted by Crippen LogP contribution is 2.23. The topological polar surface area (TPSA) is 74.8 Å². The van der Waals surface area contributed by atoms with E-state index in [0.29, 0.717) is 24.5 Å². The molecule has 0 radical (unpaired) electrons. The van der Waals surface area contributed by atoms with E-state index in [0.717, 1.165) is 30.2 Å². The molecule has 23 heavy (non-hydrogen) atoms. The molecule has 1 unspecified atom stereocenters. The number of guanidine groups is 1. The van der Waals surface area contributed by atoms with Crippen molar-refractivity contribution in [3.63, 3.8) is 0 Å². The van der Waals surface area contributed by atoms with Crippen LogP contribution in [0, 0.1) is 0 Å². The SMILES string of the molecule is CCNC(=NCc1ccc(Cl)cc1OC)NC1CCC(=O)NC1. The molecule has 6 nitrogen and oxygen atoms in total. The second-order valence-corrected chi connectivity index (χ2v) is 5.77. The second-order valence-electron chi connectivity index (χ2n) is 5.34. The Bertz CT molecular complexity index is 567. The van der Waals surface area contributed by atoms with Gasteiger partial charge < -0.3 is 20.7 Å². The van der Waals surface area contributed by atoms with E-state index in [1.807, 2.05) is 19.1 Å². The molecular weight excluding hydrogens is 316 g/mol. The van der Waals surface area contributed by atoms with Crippen molar-refractivity contribution in [1.29, 1.82) is 0 Å². The number of carbonyl (C=O) groups is 1. The van der Waals surface area contributed by atoms with Gasteiger partial charge in [-0.25, -0.2) is 4.99 Å². The third kappa shape index (κ3) is 5.32. The molecule has 0 spiro atoms. The molecule has 0 aliphatic carbocycles. The maximum Gasteiger partial charge on any atom is 0.220 e. The first-order chi connectivity index (χ1) is 11.1. The molecule has 1 heterocycles. The van der Waals surface area contributed by atoms with Gasteiger partial charge in [0, 0.05) is 36.1 Å². The number of halogens is 1. The molecule has 3 N–H and O–H groups in total. The Hall–Kier alpha value is -1.95. The molecule has 0 saturated carbocycles. The van der Waals surface area contributed by atoms with E-state index >= 15 is 0 Å². The van der Waals surface area contributed by atoms with Gasteiger partial charge in [-0.1, -0.05) is 17.7 Å². The first-order valence-electron chi connectivity index (χ1n) is 7.76.